The van der Waals surface area contributed by atoms with Crippen LogP contribution in [0.15, 0.2) is 4.52 Å². The van der Waals surface area contributed by atoms with E-state index in [0.717, 1.165) is 55.5 Å². The van der Waals surface area contributed by atoms with Crippen LogP contribution in [-0.2, 0) is 6.42 Å². The van der Waals surface area contributed by atoms with Gasteiger partial charge in [0.2, 0.25) is 0 Å². The smallest absolute Gasteiger partial charge is 0.314 e. The van der Waals surface area contributed by atoms with Crippen LogP contribution in [0.2, 0.25) is 0 Å². The number of aryl methyl sites for hydroxylation is 2. The van der Waals surface area contributed by atoms with Gasteiger partial charge in [-0.25, -0.2) is 4.79 Å². The fourth-order valence-electron chi connectivity index (χ4n) is 3.20. The monoisotopic (exact) mass is 323 g/mol. The predicted octanol–water partition coefficient (Wildman–Crippen LogP) is 2.61. The van der Waals surface area contributed by atoms with E-state index in [1.54, 1.807) is 0 Å². The highest BCUT2D eigenvalue weighted by Crippen LogP contribution is 2.26. The normalized spacial score (nSPS) is 17.5. The van der Waals surface area contributed by atoms with Crippen LogP contribution < -0.4 is 10.6 Å². The van der Waals surface area contributed by atoms with E-state index in [9.17, 15) is 9.90 Å². The molecule has 0 spiro atoms. The van der Waals surface area contributed by atoms with Gasteiger partial charge in [0.1, 0.15) is 5.76 Å². The molecule has 6 nitrogen and oxygen atoms in total. The molecule has 1 aromatic rings. The topological polar surface area (TPSA) is 87.4 Å². The third kappa shape index (κ3) is 5.53. The van der Waals surface area contributed by atoms with Crippen LogP contribution in [0.1, 0.15) is 62.0 Å². The molecule has 1 heterocycles. The lowest BCUT2D eigenvalue weighted by Crippen LogP contribution is -2.46. The van der Waals surface area contributed by atoms with E-state index in [1.165, 1.54) is 12.8 Å². The van der Waals surface area contributed by atoms with E-state index in [0.29, 0.717) is 13.1 Å². The Kier molecular flexibility index (Phi) is 6.45. The molecular weight excluding hydrogens is 294 g/mol. The molecular formula is C17H29N3O3. The average molecular weight is 323 g/mol. The number of aliphatic hydroxyl groups is 1. The van der Waals surface area contributed by atoms with Gasteiger partial charge < -0.3 is 20.3 Å². The first-order valence-electron chi connectivity index (χ1n) is 8.66. The van der Waals surface area contributed by atoms with Crippen molar-refractivity contribution in [2.75, 3.05) is 13.1 Å². The van der Waals surface area contributed by atoms with Crippen LogP contribution in [0.25, 0.3) is 0 Å². The highest BCUT2D eigenvalue weighted by atomic mass is 16.5. The van der Waals surface area contributed by atoms with Gasteiger partial charge in [-0.1, -0.05) is 30.8 Å². The maximum Gasteiger partial charge on any atom is 0.314 e. The highest BCUT2D eigenvalue weighted by molar-refractivity contribution is 5.73. The zero-order valence-corrected chi connectivity index (χ0v) is 14.3. The Morgan fingerprint density at radius 3 is 2.52 bits per heavy atom. The van der Waals surface area contributed by atoms with Crippen LogP contribution in [0.3, 0.4) is 0 Å². The Morgan fingerprint density at radius 2 is 1.91 bits per heavy atom. The standard InChI is InChI=1S/C17H29N3O3/c1-13-15(14(2)23-20-13)8-7-11-18-16(21)19-12-17(22)9-5-3-4-6-10-17/h22H,3-12H2,1-2H3,(H2,18,19,21). The van der Waals surface area contributed by atoms with Crippen molar-refractivity contribution in [3.8, 4) is 0 Å². The second kappa shape index (κ2) is 8.34. The first kappa shape index (κ1) is 17.8. The Morgan fingerprint density at radius 1 is 1.22 bits per heavy atom. The van der Waals surface area contributed by atoms with Gasteiger partial charge in [-0.2, -0.15) is 0 Å². The van der Waals surface area contributed by atoms with Crippen molar-refractivity contribution >= 4 is 6.03 Å². The van der Waals surface area contributed by atoms with Crippen molar-refractivity contribution in [1.29, 1.82) is 0 Å². The molecule has 130 valence electrons. The number of amides is 2. The van der Waals surface area contributed by atoms with Gasteiger partial charge in [-0.3, -0.25) is 0 Å². The Balaban J connectivity index is 1.63. The van der Waals surface area contributed by atoms with Gasteiger partial charge >= 0.3 is 6.03 Å². The van der Waals surface area contributed by atoms with Gasteiger partial charge in [0.05, 0.1) is 11.3 Å². The summed E-state index contributed by atoms with van der Waals surface area (Å²) in [7, 11) is 0. The molecule has 2 amide bonds. The maximum absolute atomic E-state index is 11.8. The summed E-state index contributed by atoms with van der Waals surface area (Å²) in [5.41, 5.74) is 1.31. The van der Waals surface area contributed by atoms with Crippen LogP contribution in [0.4, 0.5) is 4.79 Å². The molecule has 1 saturated carbocycles. The minimum atomic E-state index is -0.732. The van der Waals surface area contributed by atoms with E-state index in [1.807, 2.05) is 13.8 Å². The van der Waals surface area contributed by atoms with E-state index >= 15 is 0 Å². The van der Waals surface area contributed by atoms with Crippen LogP contribution >= 0.6 is 0 Å². The number of hydrogen-bond donors (Lipinski definition) is 3. The number of carbonyl (C=O) groups is 1. The first-order chi connectivity index (χ1) is 11.0. The lowest BCUT2D eigenvalue weighted by molar-refractivity contribution is 0.0277. The van der Waals surface area contributed by atoms with Crippen molar-refractivity contribution in [2.24, 2.45) is 0 Å². The van der Waals surface area contributed by atoms with E-state index < -0.39 is 5.60 Å². The second-order valence-electron chi connectivity index (χ2n) is 6.65. The Hall–Kier alpha value is -1.56. The molecule has 0 radical (unpaired) electrons. The molecule has 0 bridgehead atoms. The van der Waals surface area contributed by atoms with Crippen molar-refractivity contribution < 1.29 is 14.4 Å². The van der Waals surface area contributed by atoms with Crippen molar-refractivity contribution in [3.63, 3.8) is 0 Å². The lowest BCUT2D eigenvalue weighted by atomic mass is 9.95. The number of urea groups is 1. The number of nitrogens with zero attached hydrogens (tertiary/aromatic N) is 1. The summed E-state index contributed by atoms with van der Waals surface area (Å²) in [5.74, 6) is 0.850. The molecule has 2 rings (SSSR count). The number of rotatable bonds is 6. The Labute approximate surface area is 138 Å². The number of aromatic nitrogens is 1. The van der Waals surface area contributed by atoms with Crippen LogP contribution in [0.5, 0.6) is 0 Å². The quantitative estimate of drug-likeness (QED) is 0.555. The first-order valence-corrected chi connectivity index (χ1v) is 8.66. The van der Waals surface area contributed by atoms with Crippen molar-refractivity contribution in [2.45, 2.75) is 70.8 Å². The summed E-state index contributed by atoms with van der Waals surface area (Å²) in [6.07, 6.45) is 7.66. The molecule has 0 saturated heterocycles. The van der Waals surface area contributed by atoms with Crippen LogP contribution in [-0.4, -0.2) is 35.0 Å². The van der Waals surface area contributed by atoms with Crippen molar-refractivity contribution in [3.05, 3.63) is 17.0 Å². The van der Waals surface area contributed by atoms with Crippen molar-refractivity contribution in [1.82, 2.24) is 15.8 Å². The summed E-state index contributed by atoms with van der Waals surface area (Å²) in [4.78, 5) is 11.8. The maximum atomic E-state index is 11.8. The zero-order valence-electron chi connectivity index (χ0n) is 14.3. The van der Waals surface area contributed by atoms with E-state index in [2.05, 4.69) is 15.8 Å². The molecule has 3 N–H and O–H groups in total. The van der Waals surface area contributed by atoms with E-state index in [-0.39, 0.29) is 6.03 Å². The molecule has 1 aliphatic carbocycles. The second-order valence-corrected chi connectivity index (χ2v) is 6.65. The van der Waals surface area contributed by atoms with Gasteiger partial charge in [0.15, 0.2) is 0 Å². The molecule has 0 aliphatic heterocycles. The zero-order chi connectivity index (χ0) is 16.7. The summed E-state index contributed by atoms with van der Waals surface area (Å²) >= 11 is 0. The Bertz CT molecular complexity index is 486. The predicted molar refractivity (Wildman–Crippen MR) is 88.4 cm³/mol. The largest absolute Gasteiger partial charge is 0.388 e. The number of carbonyl (C=O) groups excluding carboxylic acids is 1. The molecule has 0 unspecified atom stereocenters. The fourth-order valence-corrected chi connectivity index (χ4v) is 3.20. The molecule has 23 heavy (non-hydrogen) atoms. The lowest BCUT2D eigenvalue weighted by Gasteiger charge is -2.26. The molecule has 1 aromatic heterocycles. The fraction of sp³-hybridized carbons (Fsp3) is 0.765. The molecule has 6 heteroatoms. The van der Waals surface area contributed by atoms with Gasteiger partial charge in [-0.15, -0.1) is 0 Å². The third-order valence-electron chi connectivity index (χ3n) is 4.68. The molecule has 1 aliphatic rings. The summed E-state index contributed by atoms with van der Waals surface area (Å²) in [6, 6.07) is -0.207. The SMILES string of the molecule is Cc1noc(C)c1CCCNC(=O)NCC1(O)CCCCCC1. The molecule has 0 aromatic carbocycles. The molecule has 0 atom stereocenters. The summed E-state index contributed by atoms with van der Waals surface area (Å²) in [6.45, 7) is 4.76. The van der Waals surface area contributed by atoms with E-state index in [4.69, 9.17) is 4.52 Å². The minimum Gasteiger partial charge on any atom is -0.388 e. The summed E-state index contributed by atoms with van der Waals surface area (Å²) < 4.78 is 5.12. The number of nitrogens with one attached hydrogen (secondary N) is 2. The highest BCUT2D eigenvalue weighted by Gasteiger charge is 2.28. The third-order valence-corrected chi connectivity index (χ3v) is 4.68. The van der Waals surface area contributed by atoms with Gasteiger partial charge in [0, 0.05) is 18.7 Å². The summed E-state index contributed by atoms with van der Waals surface area (Å²) in [5, 5.41) is 20.1. The average Bonchev–Trinajstić information content (AvgIpc) is 2.72. The molecule has 1 fully saturated rings. The number of hydrogen-bond acceptors (Lipinski definition) is 4. The van der Waals surface area contributed by atoms with Gasteiger partial charge in [-0.05, 0) is 39.5 Å². The van der Waals surface area contributed by atoms with Gasteiger partial charge in [0.25, 0.3) is 0 Å². The minimum absolute atomic E-state index is 0.207. The van der Waals surface area contributed by atoms with Crippen LogP contribution in [0, 0.1) is 13.8 Å².